The Labute approximate surface area is 93.0 Å². The van der Waals surface area contributed by atoms with Crippen molar-refractivity contribution in [2.24, 2.45) is 0 Å². The molecule has 0 radical (unpaired) electrons. The molecule has 0 saturated carbocycles. The van der Waals surface area contributed by atoms with E-state index in [0.29, 0.717) is 0 Å². The zero-order valence-corrected chi connectivity index (χ0v) is 10.1. The normalized spacial score (nSPS) is 26.5. The van der Waals surface area contributed by atoms with Crippen molar-refractivity contribution in [2.75, 3.05) is 19.6 Å². The third-order valence-electron chi connectivity index (χ3n) is 3.32. The lowest BCUT2D eigenvalue weighted by Crippen LogP contribution is -2.63. The molecule has 0 aromatic heterocycles. The molecule has 1 heterocycles. The Balaban J connectivity index is 2.39. The molecule has 1 aliphatic heterocycles. The lowest BCUT2D eigenvalue weighted by molar-refractivity contribution is -0.124. The van der Waals surface area contributed by atoms with Gasteiger partial charge in [-0.15, -0.1) is 0 Å². The zero-order valence-electron chi connectivity index (χ0n) is 10.1. The number of piperazine rings is 1. The van der Waals surface area contributed by atoms with Gasteiger partial charge in [-0.1, -0.05) is 32.6 Å². The van der Waals surface area contributed by atoms with Crippen LogP contribution >= 0.6 is 0 Å². The summed E-state index contributed by atoms with van der Waals surface area (Å²) in [5.41, 5.74) is -0.272. The maximum atomic E-state index is 11.7. The summed E-state index contributed by atoms with van der Waals surface area (Å²) in [7, 11) is 0. The molecule has 3 nitrogen and oxygen atoms in total. The van der Waals surface area contributed by atoms with Gasteiger partial charge in [0.25, 0.3) is 0 Å². The molecule has 1 saturated heterocycles. The van der Waals surface area contributed by atoms with Crippen LogP contribution in [0.1, 0.15) is 46.0 Å². The Morgan fingerprint density at radius 3 is 2.60 bits per heavy atom. The van der Waals surface area contributed by atoms with Crippen molar-refractivity contribution in [3.05, 3.63) is 0 Å². The van der Waals surface area contributed by atoms with Gasteiger partial charge >= 0.3 is 0 Å². The number of Topliss-reactive ketones (excluding diaryl/α,β-unsaturated/α-hetero) is 1. The van der Waals surface area contributed by atoms with Crippen molar-refractivity contribution in [2.45, 2.75) is 51.5 Å². The molecule has 88 valence electrons. The Hall–Kier alpha value is -0.410. The SMILES string of the molecule is CCCCCCC1(C(C)=O)CNCCN1. The van der Waals surface area contributed by atoms with Crippen molar-refractivity contribution in [3.8, 4) is 0 Å². The molecule has 1 unspecified atom stereocenters. The van der Waals surface area contributed by atoms with E-state index in [4.69, 9.17) is 0 Å². The van der Waals surface area contributed by atoms with E-state index in [9.17, 15) is 4.79 Å². The number of nitrogens with one attached hydrogen (secondary N) is 2. The first-order chi connectivity index (χ1) is 7.21. The van der Waals surface area contributed by atoms with Gasteiger partial charge in [-0.05, 0) is 13.3 Å². The summed E-state index contributed by atoms with van der Waals surface area (Å²) in [6.45, 7) is 6.60. The average Bonchev–Trinajstić information content (AvgIpc) is 2.26. The van der Waals surface area contributed by atoms with E-state index in [-0.39, 0.29) is 11.3 Å². The van der Waals surface area contributed by atoms with Gasteiger partial charge in [0, 0.05) is 19.6 Å². The standard InChI is InChI=1S/C12H24N2O/c1-3-4-5-6-7-12(11(2)15)10-13-8-9-14-12/h13-14H,3-10H2,1-2H3. The molecule has 1 rings (SSSR count). The second kappa shape index (κ2) is 6.23. The smallest absolute Gasteiger partial charge is 0.151 e. The number of hydrogen-bond donors (Lipinski definition) is 2. The fourth-order valence-electron chi connectivity index (χ4n) is 2.21. The molecule has 0 spiro atoms. The van der Waals surface area contributed by atoms with Gasteiger partial charge in [0.15, 0.2) is 5.78 Å². The van der Waals surface area contributed by atoms with Crippen LogP contribution in [-0.4, -0.2) is 31.0 Å². The van der Waals surface area contributed by atoms with E-state index in [2.05, 4.69) is 17.6 Å². The Kier molecular flexibility index (Phi) is 5.26. The van der Waals surface area contributed by atoms with Crippen molar-refractivity contribution in [1.29, 1.82) is 0 Å². The summed E-state index contributed by atoms with van der Waals surface area (Å²) in [4.78, 5) is 11.7. The molecular formula is C12H24N2O. The topological polar surface area (TPSA) is 41.1 Å². The second-order valence-electron chi connectivity index (χ2n) is 4.55. The van der Waals surface area contributed by atoms with Gasteiger partial charge in [0.05, 0.1) is 5.54 Å². The fraction of sp³-hybridized carbons (Fsp3) is 0.917. The highest BCUT2D eigenvalue weighted by atomic mass is 16.1. The summed E-state index contributed by atoms with van der Waals surface area (Å²) in [5.74, 6) is 0.284. The number of hydrogen-bond acceptors (Lipinski definition) is 3. The minimum Gasteiger partial charge on any atom is -0.313 e. The van der Waals surface area contributed by atoms with Crippen LogP contribution in [0.15, 0.2) is 0 Å². The zero-order chi connectivity index (χ0) is 11.1. The molecule has 0 bridgehead atoms. The highest BCUT2D eigenvalue weighted by Crippen LogP contribution is 2.18. The molecular weight excluding hydrogens is 188 g/mol. The lowest BCUT2D eigenvalue weighted by Gasteiger charge is -2.36. The van der Waals surface area contributed by atoms with Crippen molar-refractivity contribution >= 4 is 5.78 Å². The Morgan fingerprint density at radius 1 is 1.27 bits per heavy atom. The Bertz CT molecular complexity index is 198. The van der Waals surface area contributed by atoms with Gasteiger partial charge in [-0.3, -0.25) is 4.79 Å². The second-order valence-corrected chi connectivity index (χ2v) is 4.55. The molecule has 15 heavy (non-hydrogen) atoms. The maximum absolute atomic E-state index is 11.7. The summed E-state index contributed by atoms with van der Waals surface area (Å²) in [6, 6.07) is 0. The number of unbranched alkanes of at least 4 members (excludes halogenated alkanes) is 3. The van der Waals surface area contributed by atoms with Crippen molar-refractivity contribution < 1.29 is 4.79 Å². The van der Waals surface area contributed by atoms with E-state index in [1.54, 1.807) is 6.92 Å². The maximum Gasteiger partial charge on any atom is 0.151 e. The number of carbonyl (C=O) groups excluding carboxylic acids is 1. The van der Waals surface area contributed by atoms with Crippen LogP contribution in [0.2, 0.25) is 0 Å². The first-order valence-corrected chi connectivity index (χ1v) is 6.18. The van der Waals surface area contributed by atoms with Crippen LogP contribution in [0.3, 0.4) is 0 Å². The minimum absolute atomic E-state index is 0.272. The van der Waals surface area contributed by atoms with E-state index in [0.717, 1.165) is 32.5 Å². The van der Waals surface area contributed by atoms with Gasteiger partial charge in [0.2, 0.25) is 0 Å². The average molecular weight is 212 g/mol. The monoisotopic (exact) mass is 212 g/mol. The van der Waals surface area contributed by atoms with Crippen molar-refractivity contribution in [1.82, 2.24) is 10.6 Å². The Morgan fingerprint density at radius 2 is 2.07 bits per heavy atom. The van der Waals surface area contributed by atoms with E-state index < -0.39 is 0 Å². The molecule has 0 aromatic carbocycles. The highest BCUT2D eigenvalue weighted by molar-refractivity contribution is 5.86. The molecule has 0 aromatic rings. The van der Waals surface area contributed by atoms with Crippen LogP contribution in [0.4, 0.5) is 0 Å². The largest absolute Gasteiger partial charge is 0.313 e. The molecule has 2 N–H and O–H groups in total. The third kappa shape index (κ3) is 3.58. The first kappa shape index (κ1) is 12.7. The summed E-state index contributed by atoms with van der Waals surface area (Å²) in [6.07, 6.45) is 5.91. The van der Waals surface area contributed by atoms with Crippen LogP contribution in [0.5, 0.6) is 0 Å². The molecule has 3 heteroatoms. The van der Waals surface area contributed by atoms with E-state index >= 15 is 0 Å². The van der Waals surface area contributed by atoms with Gasteiger partial charge < -0.3 is 10.6 Å². The molecule has 1 fully saturated rings. The first-order valence-electron chi connectivity index (χ1n) is 6.18. The van der Waals surface area contributed by atoms with E-state index in [1.807, 2.05) is 0 Å². The summed E-state index contributed by atoms with van der Waals surface area (Å²) < 4.78 is 0. The van der Waals surface area contributed by atoms with Gasteiger partial charge in [-0.2, -0.15) is 0 Å². The van der Waals surface area contributed by atoms with Crippen molar-refractivity contribution in [3.63, 3.8) is 0 Å². The van der Waals surface area contributed by atoms with Crippen LogP contribution in [0, 0.1) is 0 Å². The fourth-order valence-corrected chi connectivity index (χ4v) is 2.21. The predicted octanol–water partition coefficient (Wildman–Crippen LogP) is 1.48. The molecule has 0 aliphatic carbocycles. The number of carbonyl (C=O) groups is 1. The van der Waals surface area contributed by atoms with Crippen LogP contribution in [0.25, 0.3) is 0 Å². The van der Waals surface area contributed by atoms with Gasteiger partial charge in [0.1, 0.15) is 0 Å². The predicted molar refractivity (Wildman–Crippen MR) is 63.0 cm³/mol. The molecule has 1 atom stereocenters. The lowest BCUT2D eigenvalue weighted by atomic mass is 9.86. The van der Waals surface area contributed by atoms with Crippen LogP contribution < -0.4 is 10.6 Å². The quantitative estimate of drug-likeness (QED) is 0.655. The number of ketones is 1. The van der Waals surface area contributed by atoms with Crippen LogP contribution in [-0.2, 0) is 4.79 Å². The molecule has 0 amide bonds. The summed E-state index contributed by atoms with van der Waals surface area (Å²) >= 11 is 0. The summed E-state index contributed by atoms with van der Waals surface area (Å²) in [5, 5.41) is 6.71. The molecule has 1 aliphatic rings. The van der Waals surface area contributed by atoms with E-state index in [1.165, 1.54) is 19.3 Å². The third-order valence-corrected chi connectivity index (χ3v) is 3.32. The van der Waals surface area contributed by atoms with Gasteiger partial charge in [-0.25, -0.2) is 0 Å². The minimum atomic E-state index is -0.272. The number of rotatable bonds is 6. The highest BCUT2D eigenvalue weighted by Gasteiger charge is 2.35.